The molecule has 0 saturated carbocycles. The molecule has 254 valence electrons. The normalized spacial score (nSPS) is 19.7. The monoisotopic (exact) mass is 678 g/mol. The number of imide groups is 1. The Labute approximate surface area is 270 Å². The number of nitrogens with zero attached hydrogens (tertiary/aromatic N) is 3. The van der Waals surface area contributed by atoms with Gasteiger partial charge in [0.1, 0.15) is 11.6 Å². The first-order chi connectivity index (χ1) is 22.7. The first kappa shape index (κ1) is 34.9. The third kappa shape index (κ3) is 7.64. The second-order valence-electron chi connectivity index (χ2n) is 11.7. The van der Waals surface area contributed by atoms with Crippen molar-refractivity contribution < 1.29 is 44.7 Å². The van der Waals surface area contributed by atoms with E-state index < -0.39 is 47.6 Å². The lowest BCUT2D eigenvalue weighted by atomic mass is 9.86. The Morgan fingerprint density at radius 1 is 0.708 bits per heavy atom. The van der Waals surface area contributed by atoms with Crippen molar-refractivity contribution >= 4 is 23.0 Å². The minimum Gasteiger partial charge on any atom is -0.325 e. The van der Waals surface area contributed by atoms with E-state index in [4.69, 9.17) is 5.73 Å². The molecule has 0 bridgehead atoms. The molecule has 2 atom stereocenters. The lowest BCUT2D eigenvalue weighted by Gasteiger charge is -2.24. The molecule has 2 aromatic heterocycles. The number of benzene rings is 1. The van der Waals surface area contributed by atoms with Gasteiger partial charge in [0, 0.05) is 17.7 Å². The number of hydrogen-bond acceptors (Lipinski definition) is 5. The molecule has 6 nitrogen and oxygen atoms in total. The number of carbonyl (C=O) groups excluding carboxylic acids is 2. The highest BCUT2D eigenvalue weighted by atomic mass is 19.4. The zero-order valence-corrected chi connectivity index (χ0v) is 25.3. The van der Waals surface area contributed by atoms with Gasteiger partial charge in [-0.2, -0.15) is 26.3 Å². The summed E-state index contributed by atoms with van der Waals surface area (Å²) < 4.78 is 104. The minimum atomic E-state index is -4.27. The van der Waals surface area contributed by atoms with E-state index in [9.17, 15) is 44.7 Å². The molecule has 3 aromatic rings. The van der Waals surface area contributed by atoms with Crippen LogP contribution in [0.15, 0.2) is 60.9 Å². The molecule has 2 N–H and O–H groups in total. The topological polar surface area (TPSA) is 89.2 Å². The van der Waals surface area contributed by atoms with Crippen LogP contribution in [0, 0.1) is 23.5 Å². The van der Waals surface area contributed by atoms with Gasteiger partial charge in [-0.3, -0.25) is 24.5 Å². The number of pyridine rings is 2. The van der Waals surface area contributed by atoms with Crippen LogP contribution in [0.4, 0.5) is 35.1 Å². The van der Waals surface area contributed by atoms with Crippen molar-refractivity contribution in [1.29, 1.82) is 0 Å². The molecule has 14 heteroatoms. The van der Waals surface area contributed by atoms with Crippen LogP contribution < -0.4 is 5.73 Å². The summed E-state index contributed by atoms with van der Waals surface area (Å²) in [5.74, 6) is -4.82. The molecular weight excluding hydrogens is 648 g/mol. The van der Waals surface area contributed by atoms with E-state index in [1.165, 1.54) is 24.3 Å². The second kappa shape index (κ2) is 14.0. The van der Waals surface area contributed by atoms with Gasteiger partial charge < -0.3 is 5.73 Å². The van der Waals surface area contributed by atoms with Crippen molar-refractivity contribution in [2.75, 3.05) is 0 Å². The van der Waals surface area contributed by atoms with E-state index in [1.54, 1.807) is 24.3 Å². The van der Waals surface area contributed by atoms with Gasteiger partial charge in [-0.05, 0) is 73.9 Å². The predicted molar refractivity (Wildman–Crippen MR) is 160 cm³/mol. The SMILES string of the molecule is NCc1cc(C2=CCC(C(F)(F)F)CC2)c(F)cn1.O=C1c2ccccc2C(=O)N1Cc1cc(C2=CCC(C(F)(F)F)CC2)c(F)cn1. The van der Waals surface area contributed by atoms with Crippen LogP contribution in [0.25, 0.3) is 11.1 Å². The Balaban J connectivity index is 0.000000206. The largest absolute Gasteiger partial charge is 0.392 e. The van der Waals surface area contributed by atoms with Gasteiger partial charge in [0.2, 0.25) is 0 Å². The standard InChI is InChI=1S/C21H16F4N2O2.C13H14F4N2/c22-18-10-26-14(9-17(18)12-5-7-13(8-6-12)21(23,24)25)11-27-19(28)15-3-1-2-4-16(15)20(27)29;14-12-7-19-10(6-18)5-11(12)8-1-3-9(4-2-8)13(15,16)17/h1-5,9-10,13H,6-8,11H2;1,5,7,9H,2-4,6,18H2. The Bertz CT molecular complexity index is 1730. The number of allylic oxidation sites excluding steroid dienone is 4. The highest BCUT2D eigenvalue weighted by Crippen LogP contribution is 2.41. The number of halogens is 8. The number of alkyl halides is 6. The third-order valence-electron chi connectivity index (χ3n) is 8.67. The van der Waals surface area contributed by atoms with Crippen LogP contribution in [0.2, 0.25) is 0 Å². The van der Waals surface area contributed by atoms with E-state index in [0.29, 0.717) is 33.5 Å². The summed E-state index contributed by atoms with van der Waals surface area (Å²) in [6, 6.07) is 9.34. The van der Waals surface area contributed by atoms with E-state index in [0.717, 1.165) is 17.3 Å². The number of nitrogens with two attached hydrogens (primary N) is 1. The molecule has 48 heavy (non-hydrogen) atoms. The van der Waals surface area contributed by atoms with Crippen molar-refractivity contribution in [1.82, 2.24) is 14.9 Å². The highest BCUT2D eigenvalue weighted by Gasteiger charge is 2.41. The molecule has 0 fully saturated rings. The number of carbonyl (C=O) groups is 2. The summed E-state index contributed by atoms with van der Waals surface area (Å²) in [6.07, 6.45) is -3.63. The smallest absolute Gasteiger partial charge is 0.325 e. The maximum Gasteiger partial charge on any atom is 0.392 e. The molecule has 3 aliphatic rings. The van der Waals surface area contributed by atoms with E-state index in [2.05, 4.69) is 9.97 Å². The maximum absolute atomic E-state index is 14.3. The molecule has 1 aromatic carbocycles. The summed E-state index contributed by atoms with van der Waals surface area (Å²) in [6.45, 7) is 0.0316. The lowest BCUT2D eigenvalue weighted by molar-refractivity contribution is -0.176. The van der Waals surface area contributed by atoms with E-state index in [-0.39, 0.29) is 62.9 Å². The van der Waals surface area contributed by atoms with Gasteiger partial charge in [0.25, 0.3) is 11.8 Å². The van der Waals surface area contributed by atoms with Crippen LogP contribution in [-0.4, -0.2) is 39.0 Å². The fraction of sp³-hybridized carbons (Fsp3) is 0.353. The number of rotatable bonds is 5. The highest BCUT2D eigenvalue weighted by molar-refractivity contribution is 6.21. The Hall–Kier alpha value is -4.46. The molecule has 2 unspecified atom stereocenters. The third-order valence-corrected chi connectivity index (χ3v) is 8.67. The molecule has 6 rings (SSSR count). The van der Waals surface area contributed by atoms with Crippen LogP contribution in [0.1, 0.15) is 81.8 Å². The molecule has 3 heterocycles. The molecular formula is C34H30F8N4O2. The molecule has 0 saturated heterocycles. The van der Waals surface area contributed by atoms with Gasteiger partial charge in [0.05, 0.1) is 53.3 Å². The number of fused-ring (bicyclic) bond motifs is 1. The van der Waals surface area contributed by atoms with Gasteiger partial charge in [-0.1, -0.05) is 24.3 Å². The second-order valence-corrected chi connectivity index (χ2v) is 11.7. The fourth-order valence-electron chi connectivity index (χ4n) is 5.95. The van der Waals surface area contributed by atoms with Gasteiger partial charge in [0.15, 0.2) is 0 Å². The Morgan fingerprint density at radius 3 is 1.54 bits per heavy atom. The summed E-state index contributed by atoms with van der Waals surface area (Å²) in [4.78, 5) is 33.7. The van der Waals surface area contributed by atoms with Gasteiger partial charge in [-0.15, -0.1) is 0 Å². The molecule has 0 spiro atoms. The number of aromatic nitrogens is 2. The molecule has 1 aliphatic heterocycles. The van der Waals surface area contributed by atoms with Crippen LogP contribution in [0.3, 0.4) is 0 Å². The zero-order chi connectivity index (χ0) is 34.8. The van der Waals surface area contributed by atoms with Crippen molar-refractivity contribution in [2.45, 2.75) is 64.0 Å². The van der Waals surface area contributed by atoms with Gasteiger partial charge in [-0.25, -0.2) is 8.78 Å². The summed E-state index contributed by atoms with van der Waals surface area (Å²) >= 11 is 0. The Morgan fingerprint density at radius 2 is 1.15 bits per heavy atom. The minimum absolute atomic E-state index is 0.00491. The maximum atomic E-state index is 14.3. The Kier molecular flexibility index (Phi) is 10.1. The van der Waals surface area contributed by atoms with Crippen molar-refractivity contribution in [3.8, 4) is 0 Å². The van der Waals surface area contributed by atoms with Crippen LogP contribution >= 0.6 is 0 Å². The summed E-state index contributed by atoms with van der Waals surface area (Å²) in [5, 5.41) is 0. The quantitative estimate of drug-likeness (QED) is 0.217. The first-order valence-electron chi connectivity index (χ1n) is 15.1. The summed E-state index contributed by atoms with van der Waals surface area (Å²) in [7, 11) is 0. The van der Waals surface area contributed by atoms with Gasteiger partial charge >= 0.3 is 12.4 Å². The van der Waals surface area contributed by atoms with Crippen LogP contribution in [-0.2, 0) is 13.1 Å². The summed E-state index contributed by atoms with van der Waals surface area (Å²) in [5.41, 5.74) is 8.40. The average Bonchev–Trinajstić information content (AvgIpc) is 3.30. The average molecular weight is 679 g/mol. The van der Waals surface area contributed by atoms with Crippen molar-refractivity contribution in [2.24, 2.45) is 17.6 Å². The van der Waals surface area contributed by atoms with E-state index in [1.807, 2.05) is 0 Å². The molecule has 2 aliphatic carbocycles. The predicted octanol–water partition coefficient (Wildman–Crippen LogP) is 8.19. The van der Waals surface area contributed by atoms with E-state index >= 15 is 0 Å². The van der Waals surface area contributed by atoms with Crippen molar-refractivity contribution in [3.63, 3.8) is 0 Å². The number of hydrogen-bond donors (Lipinski definition) is 1. The van der Waals surface area contributed by atoms with Crippen LogP contribution in [0.5, 0.6) is 0 Å². The fourth-order valence-corrected chi connectivity index (χ4v) is 5.95. The van der Waals surface area contributed by atoms with Crippen molar-refractivity contribution in [3.05, 3.63) is 106 Å². The first-order valence-corrected chi connectivity index (χ1v) is 15.1. The molecule has 0 radical (unpaired) electrons. The lowest BCUT2D eigenvalue weighted by Crippen LogP contribution is -2.29. The molecule has 2 amide bonds. The zero-order valence-electron chi connectivity index (χ0n) is 25.3. The number of amides is 2.